The van der Waals surface area contributed by atoms with E-state index in [4.69, 9.17) is 16.7 Å². The number of hydrogen-bond acceptors (Lipinski definition) is 3. The lowest BCUT2D eigenvalue weighted by molar-refractivity contribution is 0.281. The van der Waals surface area contributed by atoms with Gasteiger partial charge in [0.2, 0.25) is 0 Å². The first-order valence-corrected chi connectivity index (χ1v) is 8.64. The Morgan fingerprint density at radius 1 is 1.24 bits per heavy atom. The molecular weight excluding hydrogens is 432 g/mol. The second-order valence-electron chi connectivity index (χ2n) is 4.15. The normalized spacial score (nSPS) is 11.4. The SMILES string of the molecule is O=S(=O)(Nc1ccc(I)cc1Cl)c1cc(CO)ccc1F. The molecule has 8 heteroatoms. The van der Waals surface area contributed by atoms with Gasteiger partial charge in [0.25, 0.3) is 10.0 Å². The molecule has 2 aromatic carbocycles. The third kappa shape index (κ3) is 3.85. The molecule has 2 rings (SSSR count). The monoisotopic (exact) mass is 441 g/mol. The first-order valence-electron chi connectivity index (χ1n) is 5.70. The fourth-order valence-corrected chi connectivity index (χ4v) is 3.79. The van der Waals surface area contributed by atoms with Crippen LogP contribution in [0, 0.1) is 9.39 Å². The molecular formula is C13H10ClFINO3S. The van der Waals surface area contributed by atoms with Crippen LogP contribution < -0.4 is 4.72 Å². The van der Waals surface area contributed by atoms with Crippen molar-refractivity contribution < 1.29 is 17.9 Å². The number of benzene rings is 2. The minimum absolute atomic E-state index is 0.158. The number of anilines is 1. The summed E-state index contributed by atoms with van der Waals surface area (Å²) < 4.78 is 41.3. The maximum atomic E-state index is 13.7. The number of nitrogens with one attached hydrogen (secondary N) is 1. The Bertz CT molecular complexity index is 783. The van der Waals surface area contributed by atoms with Gasteiger partial charge in [0.1, 0.15) is 10.7 Å². The van der Waals surface area contributed by atoms with E-state index in [1.807, 2.05) is 22.6 Å². The first-order chi connectivity index (χ1) is 9.83. The van der Waals surface area contributed by atoms with E-state index in [1.165, 1.54) is 12.1 Å². The Morgan fingerprint density at radius 2 is 1.95 bits per heavy atom. The van der Waals surface area contributed by atoms with E-state index in [9.17, 15) is 12.8 Å². The molecule has 0 spiro atoms. The minimum atomic E-state index is -4.13. The van der Waals surface area contributed by atoms with Crippen LogP contribution in [-0.2, 0) is 16.6 Å². The van der Waals surface area contributed by atoms with Crippen LogP contribution in [0.4, 0.5) is 10.1 Å². The molecule has 112 valence electrons. The standard InChI is InChI=1S/C13H10ClFINO3S/c14-10-6-9(16)2-4-12(10)17-21(19,20)13-5-8(7-18)1-3-11(13)15/h1-6,17-18H,7H2. The highest BCUT2D eigenvalue weighted by Crippen LogP contribution is 2.27. The van der Waals surface area contributed by atoms with Crippen molar-refractivity contribution >= 4 is 49.9 Å². The molecule has 4 nitrogen and oxygen atoms in total. The zero-order valence-electron chi connectivity index (χ0n) is 10.5. The summed E-state index contributed by atoms with van der Waals surface area (Å²) in [5, 5.41) is 9.24. The number of halogens is 3. The third-order valence-electron chi connectivity index (χ3n) is 2.64. The molecule has 0 fully saturated rings. The van der Waals surface area contributed by atoms with Crippen LogP contribution in [0.25, 0.3) is 0 Å². The minimum Gasteiger partial charge on any atom is -0.392 e. The van der Waals surface area contributed by atoms with Crippen LogP contribution in [0.1, 0.15) is 5.56 Å². The predicted octanol–water partition coefficient (Wildman–Crippen LogP) is 3.38. The van der Waals surface area contributed by atoms with Gasteiger partial charge in [0.15, 0.2) is 0 Å². The van der Waals surface area contributed by atoms with Gasteiger partial charge < -0.3 is 5.11 Å². The maximum absolute atomic E-state index is 13.7. The molecule has 0 amide bonds. The summed E-state index contributed by atoms with van der Waals surface area (Å²) in [6.07, 6.45) is 0. The molecule has 0 saturated heterocycles. The largest absolute Gasteiger partial charge is 0.392 e. The molecule has 0 atom stereocenters. The molecule has 0 radical (unpaired) electrons. The van der Waals surface area contributed by atoms with Gasteiger partial charge in [-0.2, -0.15) is 0 Å². The van der Waals surface area contributed by atoms with Gasteiger partial charge in [-0.15, -0.1) is 0 Å². The molecule has 2 aromatic rings. The molecule has 2 N–H and O–H groups in total. The fourth-order valence-electron chi connectivity index (χ4n) is 1.62. The van der Waals surface area contributed by atoms with Gasteiger partial charge in [-0.05, 0) is 58.5 Å². The highest BCUT2D eigenvalue weighted by Gasteiger charge is 2.20. The Kier molecular flexibility index (Phi) is 5.07. The van der Waals surface area contributed by atoms with E-state index >= 15 is 0 Å². The maximum Gasteiger partial charge on any atom is 0.264 e. The summed E-state index contributed by atoms with van der Waals surface area (Å²) >= 11 is 7.99. The molecule has 0 aliphatic carbocycles. The van der Waals surface area contributed by atoms with E-state index in [0.717, 1.165) is 15.7 Å². The Labute approximate surface area is 140 Å². The molecule has 0 unspecified atom stereocenters. The second-order valence-corrected chi connectivity index (χ2v) is 7.46. The Hall–Kier alpha value is -0.900. The molecule has 0 aliphatic rings. The zero-order chi connectivity index (χ0) is 15.6. The van der Waals surface area contributed by atoms with Crippen molar-refractivity contribution in [2.24, 2.45) is 0 Å². The zero-order valence-corrected chi connectivity index (χ0v) is 14.2. The fraction of sp³-hybridized carbons (Fsp3) is 0.0769. The summed E-state index contributed by atoms with van der Waals surface area (Å²) in [6, 6.07) is 8.14. The van der Waals surface area contributed by atoms with Gasteiger partial charge in [-0.3, -0.25) is 4.72 Å². The molecule has 0 aliphatic heterocycles. The summed E-state index contributed by atoms with van der Waals surface area (Å²) in [7, 11) is -4.13. The number of aliphatic hydroxyl groups is 1. The Balaban J connectivity index is 2.43. The average Bonchev–Trinajstić information content (AvgIpc) is 2.42. The summed E-state index contributed by atoms with van der Waals surface area (Å²) in [5.41, 5.74) is 0.455. The molecule has 0 aromatic heterocycles. The van der Waals surface area contributed by atoms with Gasteiger partial charge >= 0.3 is 0 Å². The van der Waals surface area contributed by atoms with Crippen LogP contribution >= 0.6 is 34.2 Å². The van der Waals surface area contributed by atoms with Crippen LogP contribution in [0.2, 0.25) is 5.02 Å². The summed E-state index contributed by atoms with van der Waals surface area (Å²) in [6.45, 7) is -0.382. The van der Waals surface area contributed by atoms with Gasteiger partial charge in [-0.1, -0.05) is 17.7 Å². The van der Waals surface area contributed by atoms with Crippen molar-refractivity contribution in [3.8, 4) is 0 Å². The first kappa shape index (κ1) is 16.5. The summed E-state index contributed by atoms with van der Waals surface area (Å²) in [4.78, 5) is -0.538. The van der Waals surface area contributed by atoms with Crippen LogP contribution in [0.15, 0.2) is 41.3 Å². The second kappa shape index (κ2) is 6.47. The third-order valence-corrected chi connectivity index (χ3v) is 5.01. The van der Waals surface area contributed by atoms with E-state index in [0.29, 0.717) is 5.56 Å². The quantitative estimate of drug-likeness (QED) is 0.715. The lowest BCUT2D eigenvalue weighted by Crippen LogP contribution is -2.15. The van der Waals surface area contributed by atoms with Crippen molar-refractivity contribution in [3.63, 3.8) is 0 Å². The molecule has 0 bridgehead atoms. The lowest BCUT2D eigenvalue weighted by atomic mass is 10.2. The smallest absolute Gasteiger partial charge is 0.264 e. The molecule has 21 heavy (non-hydrogen) atoms. The number of rotatable bonds is 4. The number of sulfonamides is 1. The van der Waals surface area contributed by atoms with Gasteiger partial charge in [0.05, 0.1) is 17.3 Å². The number of aliphatic hydroxyl groups excluding tert-OH is 1. The van der Waals surface area contributed by atoms with Crippen molar-refractivity contribution in [1.29, 1.82) is 0 Å². The highest BCUT2D eigenvalue weighted by atomic mass is 127. The van der Waals surface area contributed by atoms with E-state index in [2.05, 4.69) is 4.72 Å². The van der Waals surface area contributed by atoms with Gasteiger partial charge in [-0.25, -0.2) is 12.8 Å². The molecule has 0 saturated carbocycles. The van der Waals surface area contributed by atoms with Crippen molar-refractivity contribution in [1.82, 2.24) is 0 Å². The lowest BCUT2D eigenvalue weighted by Gasteiger charge is -2.11. The highest BCUT2D eigenvalue weighted by molar-refractivity contribution is 14.1. The average molecular weight is 442 g/mol. The molecule has 0 heterocycles. The number of hydrogen-bond donors (Lipinski definition) is 2. The van der Waals surface area contributed by atoms with E-state index < -0.39 is 20.7 Å². The van der Waals surface area contributed by atoms with Crippen LogP contribution in [-0.4, -0.2) is 13.5 Å². The van der Waals surface area contributed by atoms with Crippen LogP contribution in [0.5, 0.6) is 0 Å². The van der Waals surface area contributed by atoms with Gasteiger partial charge in [0, 0.05) is 3.57 Å². The summed E-state index contributed by atoms with van der Waals surface area (Å²) in [5.74, 6) is -0.902. The predicted molar refractivity (Wildman–Crippen MR) is 87.3 cm³/mol. The van der Waals surface area contributed by atoms with E-state index in [-0.39, 0.29) is 17.3 Å². The van der Waals surface area contributed by atoms with Crippen molar-refractivity contribution in [2.45, 2.75) is 11.5 Å². The van der Waals surface area contributed by atoms with Crippen molar-refractivity contribution in [2.75, 3.05) is 4.72 Å². The van der Waals surface area contributed by atoms with Crippen LogP contribution in [0.3, 0.4) is 0 Å². The topological polar surface area (TPSA) is 66.4 Å². The Morgan fingerprint density at radius 3 is 2.57 bits per heavy atom. The van der Waals surface area contributed by atoms with Crippen molar-refractivity contribution in [3.05, 3.63) is 56.4 Å². The van der Waals surface area contributed by atoms with E-state index in [1.54, 1.807) is 12.1 Å².